The molecule has 36 heavy (non-hydrogen) atoms. The molecule has 3 aromatic carbocycles. The minimum absolute atomic E-state index is 0.0778. The zero-order valence-electron chi connectivity index (χ0n) is 20.8. The number of carbonyl (C=O) groups excluding carboxylic acids is 1. The maximum Gasteiger partial charge on any atom is 0.251 e. The van der Waals surface area contributed by atoms with E-state index >= 15 is 0 Å². The highest BCUT2D eigenvalue weighted by atomic mass is 16.4. The van der Waals surface area contributed by atoms with Crippen molar-refractivity contribution in [2.24, 2.45) is 0 Å². The molecule has 1 fully saturated rings. The standard InChI is InChI=1S/C29H31N5O2/c1-21-5-3-7-25(19-21)29-32-31-28(36-29)24-11-9-23(10-12-24)27(35)30-13-14-33-15-17-34(18-16-33)26-8-4-6-22(2)20-26/h3-12,19-20H,13-18H2,1-2H3,(H,30,35). The number of rotatable bonds is 7. The van der Waals surface area contributed by atoms with Gasteiger partial charge in [0.1, 0.15) is 0 Å². The number of aryl methyl sites for hydroxylation is 2. The predicted molar refractivity (Wildman–Crippen MR) is 142 cm³/mol. The number of piperazine rings is 1. The lowest BCUT2D eigenvalue weighted by molar-refractivity contribution is 0.0948. The monoisotopic (exact) mass is 481 g/mol. The minimum atomic E-state index is -0.0778. The van der Waals surface area contributed by atoms with Crippen LogP contribution in [0.4, 0.5) is 5.69 Å². The molecule has 0 radical (unpaired) electrons. The van der Waals surface area contributed by atoms with E-state index in [0.717, 1.165) is 49.4 Å². The molecule has 0 bridgehead atoms. The van der Waals surface area contributed by atoms with Crippen LogP contribution in [0.1, 0.15) is 21.5 Å². The number of benzene rings is 3. The van der Waals surface area contributed by atoms with Crippen molar-refractivity contribution >= 4 is 11.6 Å². The fraction of sp³-hybridized carbons (Fsp3) is 0.276. The van der Waals surface area contributed by atoms with Crippen molar-refractivity contribution in [2.45, 2.75) is 13.8 Å². The molecule has 4 aromatic rings. The second-order valence-electron chi connectivity index (χ2n) is 9.28. The topological polar surface area (TPSA) is 74.5 Å². The Balaban J connectivity index is 1.10. The summed E-state index contributed by atoms with van der Waals surface area (Å²) in [6, 6.07) is 23.9. The van der Waals surface area contributed by atoms with E-state index in [0.29, 0.717) is 23.9 Å². The Morgan fingerprint density at radius 2 is 1.50 bits per heavy atom. The first-order chi connectivity index (χ1) is 17.5. The van der Waals surface area contributed by atoms with Gasteiger partial charge in [-0.3, -0.25) is 9.69 Å². The maximum atomic E-state index is 12.6. The molecule has 0 saturated carbocycles. The number of nitrogens with one attached hydrogen (secondary N) is 1. The molecule has 0 aliphatic carbocycles. The third-order valence-corrected chi connectivity index (χ3v) is 6.54. The normalized spacial score (nSPS) is 14.1. The fourth-order valence-corrected chi connectivity index (χ4v) is 4.48. The number of aromatic nitrogens is 2. The lowest BCUT2D eigenvalue weighted by atomic mass is 10.1. The van der Waals surface area contributed by atoms with Crippen molar-refractivity contribution in [1.82, 2.24) is 20.4 Å². The zero-order valence-corrected chi connectivity index (χ0v) is 20.8. The van der Waals surface area contributed by atoms with E-state index in [-0.39, 0.29) is 5.91 Å². The molecule has 0 atom stereocenters. The molecular weight excluding hydrogens is 450 g/mol. The number of hydrogen-bond donors (Lipinski definition) is 1. The van der Waals surface area contributed by atoms with Gasteiger partial charge in [0, 0.05) is 61.6 Å². The average molecular weight is 482 g/mol. The van der Waals surface area contributed by atoms with Gasteiger partial charge >= 0.3 is 0 Å². The van der Waals surface area contributed by atoms with Crippen molar-refractivity contribution in [3.63, 3.8) is 0 Å². The molecular formula is C29H31N5O2. The molecule has 0 unspecified atom stereocenters. The summed E-state index contributed by atoms with van der Waals surface area (Å²) >= 11 is 0. The van der Waals surface area contributed by atoms with Crippen LogP contribution in [0, 0.1) is 13.8 Å². The van der Waals surface area contributed by atoms with Gasteiger partial charge in [0.2, 0.25) is 11.8 Å². The van der Waals surface area contributed by atoms with Crippen molar-refractivity contribution in [1.29, 1.82) is 0 Å². The van der Waals surface area contributed by atoms with Crippen molar-refractivity contribution in [2.75, 3.05) is 44.2 Å². The molecule has 1 aliphatic rings. The highest BCUT2D eigenvalue weighted by molar-refractivity contribution is 5.94. The van der Waals surface area contributed by atoms with Crippen LogP contribution in [0.3, 0.4) is 0 Å². The summed E-state index contributed by atoms with van der Waals surface area (Å²) < 4.78 is 5.85. The summed E-state index contributed by atoms with van der Waals surface area (Å²) in [6.45, 7) is 9.60. The summed E-state index contributed by atoms with van der Waals surface area (Å²) in [7, 11) is 0. The Kier molecular flexibility index (Phi) is 7.09. The van der Waals surface area contributed by atoms with E-state index in [1.54, 1.807) is 12.1 Å². The van der Waals surface area contributed by atoms with Gasteiger partial charge in [-0.25, -0.2) is 0 Å². The lowest BCUT2D eigenvalue weighted by Crippen LogP contribution is -2.48. The lowest BCUT2D eigenvalue weighted by Gasteiger charge is -2.36. The molecule has 2 heterocycles. The summed E-state index contributed by atoms with van der Waals surface area (Å²) in [4.78, 5) is 17.5. The zero-order chi connectivity index (χ0) is 24.9. The van der Waals surface area contributed by atoms with Crippen LogP contribution < -0.4 is 10.2 Å². The Bertz CT molecular complexity index is 1320. The number of amides is 1. The molecule has 1 N–H and O–H groups in total. The number of hydrogen-bond acceptors (Lipinski definition) is 6. The maximum absolute atomic E-state index is 12.6. The van der Waals surface area contributed by atoms with Crippen LogP contribution in [0.5, 0.6) is 0 Å². The van der Waals surface area contributed by atoms with Gasteiger partial charge in [-0.2, -0.15) is 0 Å². The first-order valence-corrected chi connectivity index (χ1v) is 12.4. The highest BCUT2D eigenvalue weighted by Gasteiger charge is 2.17. The Labute approximate surface area is 211 Å². The summed E-state index contributed by atoms with van der Waals surface area (Å²) in [5, 5.41) is 11.4. The van der Waals surface area contributed by atoms with E-state index in [4.69, 9.17) is 4.42 Å². The van der Waals surface area contributed by atoms with E-state index in [1.165, 1.54) is 11.3 Å². The quantitative estimate of drug-likeness (QED) is 0.417. The highest BCUT2D eigenvalue weighted by Crippen LogP contribution is 2.24. The van der Waals surface area contributed by atoms with Crippen LogP contribution in [-0.4, -0.2) is 60.3 Å². The molecule has 1 saturated heterocycles. The summed E-state index contributed by atoms with van der Waals surface area (Å²) in [5.74, 6) is 0.837. The second-order valence-corrected chi connectivity index (χ2v) is 9.28. The predicted octanol–water partition coefficient (Wildman–Crippen LogP) is 4.57. The molecule has 5 rings (SSSR count). The van der Waals surface area contributed by atoms with Gasteiger partial charge in [0.25, 0.3) is 5.91 Å². The van der Waals surface area contributed by atoms with Crippen molar-refractivity contribution in [3.8, 4) is 22.9 Å². The minimum Gasteiger partial charge on any atom is -0.416 e. The second kappa shape index (κ2) is 10.7. The molecule has 1 amide bonds. The van der Waals surface area contributed by atoms with Gasteiger partial charge in [-0.05, 0) is 67.9 Å². The van der Waals surface area contributed by atoms with Crippen LogP contribution in [0.2, 0.25) is 0 Å². The van der Waals surface area contributed by atoms with Crippen LogP contribution >= 0.6 is 0 Å². The van der Waals surface area contributed by atoms with Gasteiger partial charge in [-0.15, -0.1) is 10.2 Å². The largest absolute Gasteiger partial charge is 0.416 e. The summed E-state index contributed by atoms with van der Waals surface area (Å²) in [6.07, 6.45) is 0. The van der Waals surface area contributed by atoms with E-state index in [9.17, 15) is 4.79 Å². The third-order valence-electron chi connectivity index (χ3n) is 6.54. The van der Waals surface area contributed by atoms with Crippen LogP contribution in [0.25, 0.3) is 22.9 Å². The van der Waals surface area contributed by atoms with Crippen LogP contribution in [0.15, 0.2) is 77.2 Å². The number of anilines is 1. The number of nitrogens with zero attached hydrogens (tertiary/aromatic N) is 4. The van der Waals surface area contributed by atoms with Gasteiger partial charge in [-0.1, -0.05) is 29.8 Å². The van der Waals surface area contributed by atoms with Gasteiger partial charge < -0.3 is 14.6 Å². The number of carbonyl (C=O) groups is 1. The molecule has 184 valence electrons. The molecule has 1 aromatic heterocycles. The van der Waals surface area contributed by atoms with E-state index < -0.39 is 0 Å². The Hall–Kier alpha value is -3.97. The average Bonchev–Trinajstić information content (AvgIpc) is 3.40. The molecule has 7 heteroatoms. The first-order valence-electron chi connectivity index (χ1n) is 12.4. The van der Waals surface area contributed by atoms with Gasteiger partial charge in [0.15, 0.2) is 0 Å². The third kappa shape index (κ3) is 5.63. The summed E-state index contributed by atoms with van der Waals surface area (Å²) in [5.41, 5.74) is 5.99. The smallest absolute Gasteiger partial charge is 0.251 e. The van der Waals surface area contributed by atoms with E-state index in [1.807, 2.05) is 43.3 Å². The van der Waals surface area contributed by atoms with Gasteiger partial charge in [0.05, 0.1) is 0 Å². The first kappa shape index (κ1) is 23.8. The fourth-order valence-electron chi connectivity index (χ4n) is 4.48. The van der Waals surface area contributed by atoms with Crippen LogP contribution in [-0.2, 0) is 0 Å². The molecule has 7 nitrogen and oxygen atoms in total. The molecule has 0 spiro atoms. The Morgan fingerprint density at radius 1 is 0.833 bits per heavy atom. The van der Waals surface area contributed by atoms with Crippen molar-refractivity contribution in [3.05, 3.63) is 89.5 Å². The van der Waals surface area contributed by atoms with Crippen molar-refractivity contribution < 1.29 is 9.21 Å². The van der Waals surface area contributed by atoms with E-state index in [2.05, 4.69) is 56.5 Å². The SMILES string of the molecule is Cc1cccc(-c2nnc(-c3ccc(C(=O)NCCN4CCN(c5cccc(C)c5)CC4)cc3)o2)c1. The Morgan fingerprint density at radius 3 is 2.19 bits per heavy atom. The molecule has 1 aliphatic heterocycles.